The Morgan fingerprint density at radius 2 is 1.94 bits per heavy atom. The van der Waals surface area contributed by atoms with E-state index in [4.69, 9.17) is 19.9 Å². The molecule has 1 unspecified atom stereocenters. The first-order valence-corrected chi connectivity index (χ1v) is 6.51. The highest BCUT2D eigenvalue weighted by molar-refractivity contribution is 6.09. The molecule has 0 radical (unpaired) electrons. The fourth-order valence-electron chi connectivity index (χ4n) is 1.55. The summed E-state index contributed by atoms with van der Waals surface area (Å²) in [6.07, 6.45) is 1.32. The summed E-state index contributed by atoms with van der Waals surface area (Å²) >= 11 is 0. The van der Waals surface area contributed by atoms with Crippen molar-refractivity contribution < 1.29 is 19.0 Å². The quantitative estimate of drug-likeness (QED) is 0.363. The van der Waals surface area contributed by atoms with Crippen LogP contribution in [0.15, 0.2) is 11.6 Å². The van der Waals surface area contributed by atoms with Crippen LogP contribution in [0.3, 0.4) is 0 Å². The average Bonchev–Trinajstić information content (AvgIpc) is 2.28. The molecule has 0 heterocycles. The first-order valence-electron chi connectivity index (χ1n) is 5.09. The number of carbonyl (C=O) groups is 1. The second-order valence-corrected chi connectivity index (χ2v) is 4.27. The number of primary amides is 1. The van der Waals surface area contributed by atoms with Gasteiger partial charge in [0.2, 0.25) is 11.7 Å². The number of nitrogens with two attached hydrogens (primary N) is 1. The molecule has 16 heavy (non-hydrogen) atoms. The molecular formula is C10H21NO4Si. The van der Waals surface area contributed by atoms with E-state index < -0.39 is 11.7 Å². The molecule has 94 valence electrons. The van der Waals surface area contributed by atoms with Crippen LogP contribution >= 0.6 is 0 Å². The van der Waals surface area contributed by atoms with Gasteiger partial charge < -0.3 is 19.9 Å². The van der Waals surface area contributed by atoms with Crippen molar-refractivity contribution in [3.8, 4) is 0 Å². The number of hydrogen-bond donors (Lipinski definition) is 1. The Labute approximate surface area is 99.3 Å². The first-order chi connectivity index (χ1) is 7.47. The molecule has 0 bridgehead atoms. The van der Waals surface area contributed by atoms with Crippen molar-refractivity contribution in [2.24, 2.45) is 5.73 Å². The fourth-order valence-corrected chi connectivity index (χ4v) is 2.45. The summed E-state index contributed by atoms with van der Waals surface area (Å²) in [5, 5.41) is 0. The van der Waals surface area contributed by atoms with E-state index in [0.717, 1.165) is 16.3 Å². The predicted octanol–water partition coefficient (Wildman–Crippen LogP) is -0.794. The van der Waals surface area contributed by atoms with Gasteiger partial charge in [0.25, 0.3) is 0 Å². The van der Waals surface area contributed by atoms with Crippen LogP contribution in [0.2, 0.25) is 6.04 Å². The molecule has 0 aliphatic rings. The number of carbonyl (C=O) groups excluding carboxylic acids is 1. The van der Waals surface area contributed by atoms with Crippen LogP contribution in [0, 0.1) is 0 Å². The van der Waals surface area contributed by atoms with Gasteiger partial charge in [-0.1, -0.05) is 0 Å². The van der Waals surface area contributed by atoms with E-state index in [1.54, 1.807) is 20.1 Å². The third-order valence-electron chi connectivity index (χ3n) is 2.55. The minimum Gasteiger partial charge on any atom is -0.376 e. The Bertz CT molecular complexity index is 260. The maximum Gasteiger partial charge on any atom is 0.244 e. The van der Waals surface area contributed by atoms with E-state index in [0.29, 0.717) is 5.57 Å². The number of methoxy groups -OCH3 is 3. The minimum atomic E-state index is -1.05. The lowest BCUT2D eigenvalue weighted by Gasteiger charge is -2.34. The highest BCUT2D eigenvalue weighted by Crippen LogP contribution is 2.24. The molecule has 0 rings (SSSR count). The summed E-state index contributed by atoms with van der Waals surface area (Å²) in [7, 11) is 5.55. The molecule has 0 fully saturated rings. The van der Waals surface area contributed by atoms with Gasteiger partial charge in [-0.05, 0) is 19.0 Å². The summed E-state index contributed by atoms with van der Waals surface area (Å²) < 4.78 is 16.0. The van der Waals surface area contributed by atoms with Crippen LogP contribution < -0.4 is 5.73 Å². The van der Waals surface area contributed by atoms with Gasteiger partial charge in [0, 0.05) is 37.1 Å². The van der Waals surface area contributed by atoms with Gasteiger partial charge in [0.1, 0.15) is 6.10 Å². The SMILES string of the molecule is COC(C[SiH3])C(C=C(C)C(N)=O)(OC)OC. The lowest BCUT2D eigenvalue weighted by Crippen LogP contribution is -2.46. The molecule has 1 atom stereocenters. The standard InChI is InChI=1S/C10H21NO4Si/c1-7(9(11)12)5-10(14-3,15-4)8(6-16)13-2/h5,8H,6H2,1-4,16H3,(H2,11,12). The Hall–Kier alpha value is -0.693. The van der Waals surface area contributed by atoms with Gasteiger partial charge >= 0.3 is 0 Å². The zero-order valence-corrected chi connectivity index (χ0v) is 12.6. The zero-order valence-electron chi connectivity index (χ0n) is 10.6. The Morgan fingerprint density at radius 3 is 2.19 bits per heavy atom. The molecule has 2 N–H and O–H groups in total. The van der Waals surface area contributed by atoms with E-state index >= 15 is 0 Å². The Balaban J connectivity index is 5.24. The van der Waals surface area contributed by atoms with Gasteiger partial charge in [0.15, 0.2) is 0 Å². The van der Waals surface area contributed by atoms with Crippen LogP contribution in [-0.2, 0) is 19.0 Å². The van der Waals surface area contributed by atoms with E-state index in [1.807, 2.05) is 0 Å². The molecular weight excluding hydrogens is 226 g/mol. The summed E-state index contributed by atoms with van der Waals surface area (Å²) in [6, 6.07) is 0.820. The Kier molecular flexibility index (Phi) is 6.50. The summed E-state index contributed by atoms with van der Waals surface area (Å²) in [6.45, 7) is 1.62. The van der Waals surface area contributed by atoms with Crippen LogP contribution in [-0.4, -0.2) is 49.4 Å². The third kappa shape index (κ3) is 3.41. The first kappa shape index (κ1) is 15.3. The largest absolute Gasteiger partial charge is 0.376 e. The number of hydrogen-bond acceptors (Lipinski definition) is 4. The van der Waals surface area contributed by atoms with Crippen molar-refractivity contribution in [2.45, 2.75) is 24.9 Å². The zero-order chi connectivity index (χ0) is 12.8. The van der Waals surface area contributed by atoms with Gasteiger partial charge in [-0.15, -0.1) is 0 Å². The van der Waals surface area contributed by atoms with Crippen molar-refractivity contribution >= 4 is 16.1 Å². The van der Waals surface area contributed by atoms with Crippen LogP contribution in [0.4, 0.5) is 0 Å². The minimum absolute atomic E-state index is 0.247. The summed E-state index contributed by atoms with van der Waals surface area (Å²) in [5.41, 5.74) is 5.57. The van der Waals surface area contributed by atoms with Crippen LogP contribution in [0.5, 0.6) is 0 Å². The topological polar surface area (TPSA) is 70.8 Å². The Morgan fingerprint density at radius 1 is 1.44 bits per heavy atom. The highest BCUT2D eigenvalue weighted by Gasteiger charge is 2.37. The smallest absolute Gasteiger partial charge is 0.244 e. The molecule has 5 nitrogen and oxygen atoms in total. The second-order valence-electron chi connectivity index (χ2n) is 3.45. The maximum absolute atomic E-state index is 11.0. The molecule has 0 aliphatic heterocycles. The predicted molar refractivity (Wildman–Crippen MR) is 65.2 cm³/mol. The second kappa shape index (κ2) is 6.80. The molecule has 0 aliphatic carbocycles. The molecule has 1 amide bonds. The molecule has 0 aromatic heterocycles. The lowest BCUT2D eigenvalue weighted by atomic mass is 10.1. The van der Waals surface area contributed by atoms with Crippen molar-refractivity contribution in [2.75, 3.05) is 21.3 Å². The van der Waals surface area contributed by atoms with E-state index in [-0.39, 0.29) is 6.10 Å². The average molecular weight is 247 g/mol. The van der Waals surface area contributed by atoms with Crippen molar-refractivity contribution in [3.63, 3.8) is 0 Å². The molecule has 0 aromatic rings. The van der Waals surface area contributed by atoms with E-state index in [9.17, 15) is 4.79 Å². The maximum atomic E-state index is 11.0. The lowest BCUT2D eigenvalue weighted by molar-refractivity contribution is -0.227. The fraction of sp³-hybridized carbons (Fsp3) is 0.700. The third-order valence-corrected chi connectivity index (χ3v) is 3.29. The van der Waals surface area contributed by atoms with Crippen LogP contribution in [0.25, 0.3) is 0 Å². The van der Waals surface area contributed by atoms with Crippen molar-refractivity contribution in [3.05, 3.63) is 11.6 Å². The monoisotopic (exact) mass is 247 g/mol. The van der Waals surface area contributed by atoms with Crippen molar-refractivity contribution in [1.82, 2.24) is 0 Å². The normalized spacial score (nSPS) is 15.1. The molecule has 0 saturated heterocycles. The van der Waals surface area contributed by atoms with Gasteiger partial charge in [-0.25, -0.2) is 0 Å². The van der Waals surface area contributed by atoms with Gasteiger partial charge in [0.05, 0.1) is 0 Å². The molecule has 0 spiro atoms. The number of ether oxygens (including phenoxy) is 3. The molecule has 0 saturated carbocycles. The number of rotatable bonds is 7. The summed E-state index contributed by atoms with van der Waals surface area (Å²) in [4.78, 5) is 11.0. The van der Waals surface area contributed by atoms with Gasteiger partial charge in [-0.2, -0.15) is 0 Å². The van der Waals surface area contributed by atoms with Gasteiger partial charge in [-0.3, -0.25) is 4.79 Å². The highest BCUT2D eigenvalue weighted by atomic mass is 28.1. The number of amides is 1. The molecule has 0 aromatic carbocycles. The van der Waals surface area contributed by atoms with E-state index in [1.165, 1.54) is 14.2 Å². The molecule has 6 heteroatoms. The van der Waals surface area contributed by atoms with Crippen LogP contribution in [0.1, 0.15) is 6.92 Å². The van der Waals surface area contributed by atoms with E-state index in [2.05, 4.69) is 0 Å². The summed E-state index contributed by atoms with van der Waals surface area (Å²) in [5.74, 6) is -1.54. The van der Waals surface area contributed by atoms with Crippen molar-refractivity contribution in [1.29, 1.82) is 0 Å².